The average Bonchev–Trinajstić information content (AvgIpc) is 2.40. The molecule has 2 nitrogen and oxygen atoms in total. The van der Waals surface area contributed by atoms with Gasteiger partial charge in [-0.3, -0.25) is 4.90 Å². The fraction of sp³-hybridized carbons (Fsp3) is 0.600. The summed E-state index contributed by atoms with van der Waals surface area (Å²) < 4.78 is 0. The van der Waals surface area contributed by atoms with Crippen molar-refractivity contribution in [3.63, 3.8) is 0 Å². The van der Waals surface area contributed by atoms with E-state index in [0.717, 1.165) is 5.92 Å². The predicted octanol–water partition coefficient (Wildman–Crippen LogP) is 3.10. The van der Waals surface area contributed by atoms with E-state index in [1.165, 1.54) is 38.0 Å². The minimum atomic E-state index is 0. The van der Waals surface area contributed by atoms with Crippen LogP contribution in [0, 0.1) is 5.92 Å². The summed E-state index contributed by atoms with van der Waals surface area (Å²) in [4.78, 5) is 2.49. The highest BCUT2D eigenvalue weighted by molar-refractivity contribution is 5.85. The number of nitrogens with one attached hydrogen (secondary N) is 1. The first-order valence-electron chi connectivity index (χ1n) is 6.73. The fourth-order valence-electron chi connectivity index (χ4n) is 2.62. The Morgan fingerprint density at radius 3 is 2.44 bits per heavy atom. The van der Waals surface area contributed by atoms with E-state index in [2.05, 4.69) is 54.5 Å². The van der Waals surface area contributed by atoms with E-state index in [1.54, 1.807) is 0 Å². The highest BCUT2D eigenvalue weighted by atomic mass is 35.5. The molecule has 0 spiro atoms. The molecule has 1 saturated heterocycles. The zero-order valence-electron chi connectivity index (χ0n) is 11.4. The van der Waals surface area contributed by atoms with Crippen LogP contribution in [0.3, 0.4) is 0 Å². The van der Waals surface area contributed by atoms with Crippen LogP contribution >= 0.6 is 12.4 Å². The molecule has 0 saturated carbocycles. The van der Waals surface area contributed by atoms with Crippen LogP contribution < -0.4 is 5.32 Å². The summed E-state index contributed by atoms with van der Waals surface area (Å²) in [5, 5.41) is 3.43. The van der Waals surface area contributed by atoms with E-state index in [1.807, 2.05) is 0 Å². The second kappa shape index (κ2) is 7.78. The van der Waals surface area contributed by atoms with E-state index in [0.29, 0.717) is 6.04 Å². The topological polar surface area (TPSA) is 15.3 Å². The van der Waals surface area contributed by atoms with Crippen molar-refractivity contribution in [1.82, 2.24) is 10.2 Å². The Balaban J connectivity index is 0.00000162. The van der Waals surface area contributed by atoms with E-state index in [-0.39, 0.29) is 12.4 Å². The normalized spacial score (nSPS) is 18.4. The van der Waals surface area contributed by atoms with Gasteiger partial charge in [-0.15, -0.1) is 12.4 Å². The lowest BCUT2D eigenvalue weighted by Crippen LogP contribution is -2.35. The molecule has 1 aromatic rings. The van der Waals surface area contributed by atoms with Crippen LogP contribution in [0.15, 0.2) is 30.3 Å². The Morgan fingerprint density at radius 2 is 1.83 bits per heavy atom. The molecule has 1 atom stereocenters. The number of benzene rings is 1. The van der Waals surface area contributed by atoms with Crippen molar-refractivity contribution >= 4 is 12.4 Å². The lowest BCUT2D eigenvalue weighted by molar-refractivity contribution is 0.197. The van der Waals surface area contributed by atoms with Crippen LogP contribution in [0.4, 0.5) is 0 Å². The van der Waals surface area contributed by atoms with Gasteiger partial charge in [0.15, 0.2) is 0 Å². The smallest absolute Gasteiger partial charge is 0.0316 e. The summed E-state index contributed by atoms with van der Waals surface area (Å²) in [6.45, 7) is 5.91. The maximum Gasteiger partial charge on any atom is 0.0316 e. The van der Waals surface area contributed by atoms with E-state index >= 15 is 0 Å². The summed E-state index contributed by atoms with van der Waals surface area (Å²) in [6.07, 6.45) is 2.65. The molecule has 3 heteroatoms. The maximum atomic E-state index is 3.43. The minimum absolute atomic E-state index is 0. The summed E-state index contributed by atoms with van der Waals surface area (Å²) in [5.41, 5.74) is 1.42. The first-order chi connectivity index (χ1) is 8.27. The molecule has 0 aromatic heterocycles. The summed E-state index contributed by atoms with van der Waals surface area (Å²) >= 11 is 0. The second-order valence-electron chi connectivity index (χ2n) is 5.22. The third kappa shape index (κ3) is 4.27. The van der Waals surface area contributed by atoms with Gasteiger partial charge in [0.05, 0.1) is 0 Å². The van der Waals surface area contributed by atoms with Crippen molar-refractivity contribution in [3.8, 4) is 0 Å². The molecule has 1 N–H and O–H groups in total. The third-order valence-electron chi connectivity index (χ3n) is 3.95. The van der Waals surface area contributed by atoms with Gasteiger partial charge in [0.2, 0.25) is 0 Å². The first kappa shape index (κ1) is 15.5. The largest absolute Gasteiger partial charge is 0.317 e. The van der Waals surface area contributed by atoms with Crippen LogP contribution in [-0.4, -0.2) is 31.6 Å². The standard InChI is InChI=1S/C15H24N2.ClH/c1-13(15-6-4-3-5-7-15)17(2)12-14-8-10-16-11-9-14;/h3-7,13-14,16H,8-12H2,1-2H3;1H. The SMILES string of the molecule is CC(c1ccccc1)N(C)CC1CCNCC1.Cl. The third-order valence-corrected chi connectivity index (χ3v) is 3.95. The van der Waals surface area contributed by atoms with Gasteiger partial charge in [-0.2, -0.15) is 0 Å². The molecule has 1 heterocycles. The van der Waals surface area contributed by atoms with Crippen LogP contribution in [0.2, 0.25) is 0 Å². The highest BCUT2D eigenvalue weighted by Crippen LogP contribution is 2.21. The van der Waals surface area contributed by atoms with Gasteiger partial charge in [-0.1, -0.05) is 30.3 Å². The van der Waals surface area contributed by atoms with Crippen molar-refractivity contribution in [2.24, 2.45) is 5.92 Å². The Morgan fingerprint density at radius 1 is 1.22 bits per heavy atom. The maximum absolute atomic E-state index is 3.43. The zero-order chi connectivity index (χ0) is 12.1. The minimum Gasteiger partial charge on any atom is -0.317 e. The lowest BCUT2D eigenvalue weighted by atomic mass is 9.96. The van der Waals surface area contributed by atoms with E-state index < -0.39 is 0 Å². The van der Waals surface area contributed by atoms with Gasteiger partial charge >= 0.3 is 0 Å². The van der Waals surface area contributed by atoms with Gasteiger partial charge in [-0.05, 0) is 51.4 Å². The van der Waals surface area contributed by atoms with Crippen LogP contribution in [0.25, 0.3) is 0 Å². The van der Waals surface area contributed by atoms with Crippen molar-refractivity contribution < 1.29 is 0 Å². The molecule has 1 fully saturated rings. The van der Waals surface area contributed by atoms with Crippen molar-refractivity contribution in [1.29, 1.82) is 0 Å². The molecule has 102 valence electrons. The molecule has 1 aliphatic rings. The summed E-state index contributed by atoms with van der Waals surface area (Å²) in [5.74, 6) is 0.868. The van der Waals surface area contributed by atoms with Gasteiger partial charge in [-0.25, -0.2) is 0 Å². The van der Waals surface area contributed by atoms with Crippen molar-refractivity contribution in [2.45, 2.75) is 25.8 Å². The summed E-state index contributed by atoms with van der Waals surface area (Å²) in [7, 11) is 2.25. The molecular formula is C15H25ClN2. The fourth-order valence-corrected chi connectivity index (χ4v) is 2.62. The molecule has 0 bridgehead atoms. The summed E-state index contributed by atoms with van der Waals surface area (Å²) in [6, 6.07) is 11.3. The molecule has 1 aliphatic heterocycles. The van der Waals surface area contributed by atoms with Crippen LogP contribution in [-0.2, 0) is 0 Å². The van der Waals surface area contributed by atoms with Crippen molar-refractivity contribution in [2.75, 3.05) is 26.7 Å². The molecule has 0 radical (unpaired) electrons. The number of hydrogen-bond donors (Lipinski definition) is 1. The van der Waals surface area contributed by atoms with Gasteiger partial charge in [0.25, 0.3) is 0 Å². The highest BCUT2D eigenvalue weighted by Gasteiger charge is 2.18. The Labute approximate surface area is 117 Å². The molecule has 2 rings (SSSR count). The lowest BCUT2D eigenvalue weighted by Gasteiger charge is -2.31. The van der Waals surface area contributed by atoms with E-state index in [9.17, 15) is 0 Å². The quantitative estimate of drug-likeness (QED) is 0.903. The number of halogens is 1. The second-order valence-corrected chi connectivity index (χ2v) is 5.22. The van der Waals surface area contributed by atoms with Crippen molar-refractivity contribution in [3.05, 3.63) is 35.9 Å². The van der Waals surface area contributed by atoms with Crippen LogP contribution in [0.1, 0.15) is 31.4 Å². The van der Waals surface area contributed by atoms with E-state index in [4.69, 9.17) is 0 Å². The number of piperidine rings is 1. The van der Waals surface area contributed by atoms with Gasteiger partial charge < -0.3 is 5.32 Å². The molecule has 0 aliphatic carbocycles. The Kier molecular flexibility index (Phi) is 6.69. The molecule has 1 unspecified atom stereocenters. The monoisotopic (exact) mass is 268 g/mol. The Bertz CT molecular complexity index is 323. The molecule has 18 heavy (non-hydrogen) atoms. The Hall–Kier alpha value is -0.570. The predicted molar refractivity (Wildman–Crippen MR) is 80.3 cm³/mol. The van der Waals surface area contributed by atoms with Crippen LogP contribution in [0.5, 0.6) is 0 Å². The molecule has 0 amide bonds. The average molecular weight is 269 g/mol. The van der Waals surface area contributed by atoms with Gasteiger partial charge in [0, 0.05) is 12.6 Å². The molecule has 1 aromatic carbocycles. The van der Waals surface area contributed by atoms with Gasteiger partial charge in [0.1, 0.15) is 0 Å². The first-order valence-corrected chi connectivity index (χ1v) is 6.73. The number of hydrogen-bond acceptors (Lipinski definition) is 2. The zero-order valence-corrected chi connectivity index (χ0v) is 12.2. The molecular weight excluding hydrogens is 244 g/mol. The number of nitrogens with zero attached hydrogens (tertiary/aromatic N) is 1. The number of rotatable bonds is 4.